The van der Waals surface area contributed by atoms with Crippen LogP contribution in [-0.2, 0) is 4.79 Å². The second-order valence-corrected chi connectivity index (χ2v) is 6.09. The van der Waals surface area contributed by atoms with Crippen molar-refractivity contribution in [2.45, 2.75) is 13.8 Å². The van der Waals surface area contributed by atoms with Crippen LogP contribution >= 0.6 is 12.2 Å². The van der Waals surface area contributed by atoms with E-state index in [4.69, 9.17) is 12.2 Å². The van der Waals surface area contributed by atoms with Crippen LogP contribution in [0.15, 0.2) is 52.3 Å². The minimum absolute atomic E-state index is 0.0325. The van der Waals surface area contributed by atoms with Crippen molar-refractivity contribution in [1.29, 1.82) is 0 Å². The number of azo groups is 1. The summed E-state index contributed by atoms with van der Waals surface area (Å²) < 4.78 is 0. The van der Waals surface area contributed by atoms with Crippen molar-refractivity contribution in [2.24, 2.45) is 10.2 Å². The maximum absolute atomic E-state index is 11.7. The van der Waals surface area contributed by atoms with Gasteiger partial charge in [-0.1, -0.05) is 6.07 Å². The highest BCUT2D eigenvalue weighted by molar-refractivity contribution is 7.80. The quantitative estimate of drug-likeness (QED) is 0.446. The third-order valence-electron chi connectivity index (χ3n) is 3.80. The fourth-order valence-electron chi connectivity index (χ4n) is 2.26. The lowest BCUT2D eigenvalue weighted by molar-refractivity contribution is -0.115. The highest BCUT2D eigenvalue weighted by Gasteiger charge is 2.20. The number of phenolic OH excluding ortho intramolecular Hbond substituents is 1. The highest BCUT2D eigenvalue weighted by Crippen LogP contribution is 2.27. The van der Waals surface area contributed by atoms with Crippen LogP contribution in [0.2, 0.25) is 0 Å². The lowest BCUT2D eigenvalue weighted by Gasteiger charge is -2.02. The zero-order chi connectivity index (χ0) is 18.0. The summed E-state index contributed by atoms with van der Waals surface area (Å²) in [4.78, 5) is 11.7. The average molecular weight is 352 g/mol. The molecule has 0 radical (unpaired) electrons. The molecular weight excluding hydrogens is 336 g/mol. The largest absolute Gasteiger partial charge is 0.507 e. The molecule has 1 heterocycles. The zero-order valence-corrected chi connectivity index (χ0v) is 14.5. The van der Waals surface area contributed by atoms with Gasteiger partial charge in [-0.15, -0.1) is 0 Å². The van der Waals surface area contributed by atoms with Crippen LogP contribution in [0.25, 0.3) is 6.08 Å². The number of amides is 1. The fraction of sp³-hybridized carbons (Fsp3) is 0.111. The van der Waals surface area contributed by atoms with E-state index in [9.17, 15) is 9.90 Å². The van der Waals surface area contributed by atoms with Crippen molar-refractivity contribution < 1.29 is 9.90 Å². The van der Waals surface area contributed by atoms with Gasteiger partial charge in [-0.3, -0.25) is 10.1 Å². The first-order valence-corrected chi connectivity index (χ1v) is 7.99. The van der Waals surface area contributed by atoms with Crippen LogP contribution in [0.3, 0.4) is 0 Å². The number of benzene rings is 2. The van der Waals surface area contributed by atoms with Gasteiger partial charge in [0.25, 0.3) is 5.91 Å². The van der Waals surface area contributed by atoms with Gasteiger partial charge in [0.05, 0.1) is 11.4 Å². The Morgan fingerprint density at radius 3 is 2.32 bits per heavy atom. The van der Waals surface area contributed by atoms with Crippen molar-refractivity contribution in [3.63, 3.8) is 0 Å². The molecule has 25 heavy (non-hydrogen) atoms. The van der Waals surface area contributed by atoms with E-state index in [0.29, 0.717) is 11.3 Å². The van der Waals surface area contributed by atoms with Crippen molar-refractivity contribution in [2.75, 3.05) is 0 Å². The van der Waals surface area contributed by atoms with Gasteiger partial charge in [0.1, 0.15) is 11.4 Å². The fourth-order valence-corrected chi connectivity index (χ4v) is 2.46. The summed E-state index contributed by atoms with van der Waals surface area (Å²) >= 11 is 4.88. The number of nitrogens with one attached hydrogen (secondary N) is 2. The number of hydrogen-bond acceptors (Lipinski definition) is 5. The molecule has 1 aliphatic rings. The van der Waals surface area contributed by atoms with Gasteiger partial charge in [-0.05, 0) is 73.6 Å². The first kappa shape index (κ1) is 16.8. The van der Waals surface area contributed by atoms with E-state index in [0.717, 1.165) is 11.3 Å². The van der Waals surface area contributed by atoms with Gasteiger partial charge in [-0.2, -0.15) is 10.2 Å². The molecule has 126 valence electrons. The number of rotatable bonds is 3. The number of aromatic hydroxyl groups is 1. The molecular formula is C18H16N4O2S. The molecule has 0 aromatic heterocycles. The molecule has 2 aromatic carbocycles. The second kappa shape index (κ2) is 6.82. The van der Waals surface area contributed by atoms with Crippen LogP contribution in [-0.4, -0.2) is 16.1 Å². The molecule has 1 saturated heterocycles. The standard InChI is InChI=1S/C18H16N4O2S/c1-10-3-4-13(7-11(10)2)21-22-14-5-6-16(23)12(8-14)9-15-17(24)20-18(25)19-15/h3-9,23H,1-2H3,(H2,19,20,24,25)/b15-9-,22-21?. The van der Waals surface area contributed by atoms with E-state index in [1.807, 2.05) is 32.0 Å². The molecule has 6 nitrogen and oxygen atoms in total. The summed E-state index contributed by atoms with van der Waals surface area (Å²) in [6, 6.07) is 10.6. The second-order valence-electron chi connectivity index (χ2n) is 5.68. The highest BCUT2D eigenvalue weighted by atomic mass is 32.1. The molecule has 3 rings (SSSR count). The van der Waals surface area contributed by atoms with Crippen LogP contribution in [0.4, 0.5) is 11.4 Å². The van der Waals surface area contributed by atoms with Gasteiger partial charge in [-0.25, -0.2) is 0 Å². The molecule has 3 N–H and O–H groups in total. The van der Waals surface area contributed by atoms with E-state index in [-0.39, 0.29) is 22.5 Å². The summed E-state index contributed by atoms with van der Waals surface area (Å²) in [5.41, 5.74) is 4.35. The predicted molar refractivity (Wildman–Crippen MR) is 100 cm³/mol. The number of carbonyl (C=O) groups excluding carboxylic acids is 1. The minimum atomic E-state index is -0.341. The van der Waals surface area contributed by atoms with E-state index in [1.54, 1.807) is 12.1 Å². The molecule has 1 fully saturated rings. The molecule has 1 aliphatic heterocycles. The van der Waals surface area contributed by atoms with E-state index < -0.39 is 0 Å². The third-order valence-corrected chi connectivity index (χ3v) is 4.01. The Labute approximate surface area is 150 Å². The van der Waals surface area contributed by atoms with Gasteiger partial charge >= 0.3 is 0 Å². The lowest BCUT2D eigenvalue weighted by atomic mass is 10.1. The Kier molecular flexibility index (Phi) is 4.58. The molecule has 7 heteroatoms. The Morgan fingerprint density at radius 2 is 1.68 bits per heavy atom. The SMILES string of the molecule is Cc1ccc(N=Nc2ccc(O)c(/C=C3\NC(=S)NC3=O)c2)cc1C. The molecule has 0 saturated carbocycles. The zero-order valence-electron chi connectivity index (χ0n) is 13.7. The molecule has 0 bridgehead atoms. The van der Waals surface area contributed by atoms with Crippen LogP contribution < -0.4 is 10.6 Å². The monoisotopic (exact) mass is 352 g/mol. The van der Waals surface area contributed by atoms with E-state index >= 15 is 0 Å². The third kappa shape index (κ3) is 3.89. The Morgan fingerprint density at radius 1 is 1.00 bits per heavy atom. The van der Waals surface area contributed by atoms with Crippen molar-refractivity contribution in [1.82, 2.24) is 10.6 Å². The molecule has 0 aliphatic carbocycles. The van der Waals surface area contributed by atoms with E-state index in [1.165, 1.54) is 17.7 Å². The van der Waals surface area contributed by atoms with Gasteiger partial charge in [0.2, 0.25) is 0 Å². The first-order valence-electron chi connectivity index (χ1n) is 7.58. The Hall–Kier alpha value is -3.06. The number of hydrogen-bond donors (Lipinski definition) is 3. The maximum atomic E-state index is 11.7. The maximum Gasteiger partial charge on any atom is 0.273 e. The topological polar surface area (TPSA) is 86.1 Å². The Balaban J connectivity index is 1.87. The van der Waals surface area contributed by atoms with Crippen LogP contribution in [0.5, 0.6) is 5.75 Å². The summed E-state index contributed by atoms with van der Waals surface area (Å²) in [5.74, 6) is -0.309. The number of carbonyl (C=O) groups is 1. The van der Waals surface area contributed by atoms with Crippen LogP contribution in [0, 0.1) is 13.8 Å². The van der Waals surface area contributed by atoms with Gasteiger partial charge < -0.3 is 10.4 Å². The Bertz CT molecular complexity index is 935. The van der Waals surface area contributed by atoms with Crippen molar-refractivity contribution >= 4 is 40.7 Å². The number of phenols is 1. The van der Waals surface area contributed by atoms with Gasteiger partial charge in [0.15, 0.2) is 5.11 Å². The molecule has 1 amide bonds. The van der Waals surface area contributed by atoms with E-state index in [2.05, 4.69) is 20.9 Å². The molecule has 0 spiro atoms. The minimum Gasteiger partial charge on any atom is -0.507 e. The summed E-state index contributed by atoms with van der Waals surface area (Å²) in [6.07, 6.45) is 1.51. The first-order chi connectivity index (χ1) is 11.9. The van der Waals surface area contributed by atoms with Crippen molar-refractivity contribution in [3.8, 4) is 5.75 Å². The number of aryl methyl sites for hydroxylation is 2. The van der Waals surface area contributed by atoms with Crippen LogP contribution in [0.1, 0.15) is 16.7 Å². The smallest absolute Gasteiger partial charge is 0.273 e. The predicted octanol–water partition coefficient (Wildman–Crippen LogP) is 3.77. The summed E-state index contributed by atoms with van der Waals surface area (Å²) in [5, 5.41) is 23.8. The molecule has 0 unspecified atom stereocenters. The number of thiocarbonyl (C=S) groups is 1. The van der Waals surface area contributed by atoms with Gasteiger partial charge in [0, 0.05) is 5.56 Å². The molecule has 0 atom stereocenters. The lowest BCUT2D eigenvalue weighted by Crippen LogP contribution is -2.21. The molecule has 2 aromatic rings. The number of nitrogens with zero attached hydrogens (tertiary/aromatic N) is 2. The summed E-state index contributed by atoms with van der Waals surface area (Å²) in [7, 11) is 0. The average Bonchev–Trinajstić information content (AvgIpc) is 2.89. The normalized spacial score (nSPS) is 15.7. The van der Waals surface area contributed by atoms with Crippen molar-refractivity contribution in [3.05, 3.63) is 58.8 Å². The summed E-state index contributed by atoms with van der Waals surface area (Å²) in [6.45, 7) is 4.05.